The molecule has 0 radical (unpaired) electrons. The summed E-state index contributed by atoms with van der Waals surface area (Å²) in [5.41, 5.74) is 10.5. The predicted octanol–water partition coefficient (Wildman–Crippen LogP) is 8.86. The second kappa shape index (κ2) is 9.17. The molecular formula is C36H26N2. The lowest BCUT2D eigenvalue weighted by Crippen LogP contribution is -2.28. The maximum atomic E-state index is 4.90. The van der Waals surface area contributed by atoms with Crippen molar-refractivity contribution in [2.45, 2.75) is 5.41 Å². The molecule has 6 aromatic rings. The van der Waals surface area contributed by atoms with Crippen LogP contribution in [0.15, 0.2) is 152 Å². The van der Waals surface area contributed by atoms with Gasteiger partial charge >= 0.3 is 0 Å². The maximum absolute atomic E-state index is 4.90. The Balaban J connectivity index is 1.35. The minimum atomic E-state index is -0.378. The summed E-state index contributed by atoms with van der Waals surface area (Å²) in [7, 11) is 0. The summed E-state index contributed by atoms with van der Waals surface area (Å²) in [4.78, 5) is 4.90. The number of fused-ring (bicyclic) bond motifs is 3. The van der Waals surface area contributed by atoms with E-state index in [2.05, 4.69) is 121 Å². The molecule has 0 saturated heterocycles. The number of rotatable bonds is 5. The molecule has 0 atom stereocenters. The number of para-hydroxylation sites is 1. The molecule has 2 heteroatoms. The molecule has 1 aliphatic rings. The fourth-order valence-corrected chi connectivity index (χ4v) is 5.94. The molecule has 2 nitrogen and oxygen atoms in total. The minimum absolute atomic E-state index is 0.378. The molecule has 1 aromatic heterocycles. The van der Waals surface area contributed by atoms with Crippen LogP contribution in [0.2, 0.25) is 0 Å². The number of benzene rings is 5. The van der Waals surface area contributed by atoms with Crippen molar-refractivity contribution in [3.63, 3.8) is 0 Å². The highest BCUT2D eigenvalue weighted by molar-refractivity contribution is 5.86. The lowest BCUT2D eigenvalue weighted by molar-refractivity contribution is 0.768. The van der Waals surface area contributed by atoms with E-state index >= 15 is 0 Å². The summed E-state index contributed by atoms with van der Waals surface area (Å²) in [6.07, 6.45) is 0. The van der Waals surface area contributed by atoms with Gasteiger partial charge < -0.3 is 5.32 Å². The smallest absolute Gasteiger partial charge is 0.131 e. The molecule has 7 rings (SSSR count). The highest BCUT2D eigenvalue weighted by atomic mass is 15.0. The average molecular weight is 487 g/mol. The van der Waals surface area contributed by atoms with E-state index < -0.39 is 0 Å². The third-order valence-corrected chi connectivity index (χ3v) is 7.57. The highest BCUT2D eigenvalue weighted by Crippen LogP contribution is 2.55. The van der Waals surface area contributed by atoms with Crippen LogP contribution in [0.1, 0.15) is 22.3 Å². The zero-order valence-electron chi connectivity index (χ0n) is 20.9. The van der Waals surface area contributed by atoms with Crippen LogP contribution < -0.4 is 5.32 Å². The topological polar surface area (TPSA) is 24.9 Å². The maximum Gasteiger partial charge on any atom is 0.131 e. The first-order chi connectivity index (χ1) is 18.8. The van der Waals surface area contributed by atoms with Crippen LogP contribution in [0, 0.1) is 0 Å². The van der Waals surface area contributed by atoms with E-state index in [1.165, 1.54) is 33.4 Å². The van der Waals surface area contributed by atoms with Crippen LogP contribution in [0.5, 0.6) is 0 Å². The summed E-state index contributed by atoms with van der Waals surface area (Å²) >= 11 is 0. The SMILES string of the molecule is c1ccc(Nc2cccc(-c3ccc(C4(c5ccccc5)c5ccccc5-c5ccccc54)cc3)n2)cc1. The summed E-state index contributed by atoms with van der Waals surface area (Å²) in [5, 5.41) is 3.41. The van der Waals surface area contributed by atoms with Gasteiger partial charge in [0.25, 0.3) is 0 Å². The van der Waals surface area contributed by atoms with Crippen molar-refractivity contribution in [2.24, 2.45) is 0 Å². The molecule has 0 unspecified atom stereocenters. The number of anilines is 2. The zero-order chi connectivity index (χ0) is 25.4. The van der Waals surface area contributed by atoms with E-state index in [9.17, 15) is 0 Å². The monoisotopic (exact) mass is 486 g/mol. The van der Waals surface area contributed by atoms with Crippen molar-refractivity contribution >= 4 is 11.5 Å². The molecule has 1 heterocycles. The zero-order valence-corrected chi connectivity index (χ0v) is 20.9. The quantitative estimate of drug-likeness (QED) is 0.263. The van der Waals surface area contributed by atoms with E-state index in [0.29, 0.717) is 0 Å². The van der Waals surface area contributed by atoms with Gasteiger partial charge in [-0.15, -0.1) is 0 Å². The molecule has 5 aromatic carbocycles. The lowest BCUT2D eigenvalue weighted by atomic mass is 9.67. The molecule has 0 fully saturated rings. The fourth-order valence-electron chi connectivity index (χ4n) is 5.94. The Kier molecular flexibility index (Phi) is 5.37. The molecule has 0 saturated carbocycles. The van der Waals surface area contributed by atoms with E-state index in [4.69, 9.17) is 4.98 Å². The van der Waals surface area contributed by atoms with Gasteiger partial charge in [0, 0.05) is 11.3 Å². The van der Waals surface area contributed by atoms with Gasteiger partial charge in [0.15, 0.2) is 0 Å². The standard InChI is InChI=1S/C36H26N2/c1-3-12-27(13-4-1)36(32-18-9-7-16-30(32)31-17-8-10-19-33(31)36)28-24-22-26(23-25-28)34-20-11-21-35(38-34)37-29-14-5-2-6-15-29/h1-25H,(H,37,38). The number of hydrogen-bond acceptors (Lipinski definition) is 2. The van der Waals surface area contributed by atoms with Crippen LogP contribution in [0.25, 0.3) is 22.4 Å². The first-order valence-corrected chi connectivity index (χ1v) is 13.0. The van der Waals surface area contributed by atoms with Gasteiger partial charge in [-0.25, -0.2) is 4.98 Å². The minimum Gasteiger partial charge on any atom is -0.340 e. The Hall–Kier alpha value is -4.95. The van der Waals surface area contributed by atoms with Gasteiger partial charge in [-0.2, -0.15) is 0 Å². The van der Waals surface area contributed by atoms with Gasteiger partial charge in [-0.1, -0.05) is 127 Å². The summed E-state index contributed by atoms with van der Waals surface area (Å²) in [6.45, 7) is 0. The molecule has 1 N–H and O–H groups in total. The highest BCUT2D eigenvalue weighted by Gasteiger charge is 2.45. The number of pyridine rings is 1. The number of nitrogens with zero attached hydrogens (tertiary/aromatic N) is 1. The number of aromatic nitrogens is 1. The molecular weight excluding hydrogens is 460 g/mol. The molecule has 0 amide bonds. The molecule has 38 heavy (non-hydrogen) atoms. The molecule has 0 aliphatic heterocycles. The van der Waals surface area contributed by atoms with Crippen molar-refractivity contribution < 1.29 is 0 Å². The Morgan fingerprint density at radius 3 is 1.66 bits per heavy atom. The van der Waals surface area contributed by atoms with Crippen LogP contribution in [-0.4, -0.2) is 4.98 Å². The van der Waals surface area contributed by atoms with E-state index in [-0.39, 0.29) is 5.41 Å². The van der Waals surface area contributed by atoms with Crippen LogP contribution >= 0.6 is 0 Å². The fraction of sp³-hybridized carbons (Fsp3) is 0.0278. The number of nitrogens with one attached hydrogen (secondary N) is 1. The molecule has 180 valence electrons. The van der Waals surface area contributed by atoms with Crippen molar-refractivity contribution in [2.75, 3.05) is 5.32 Å². The van der Waals surface area contributed by atoms with Crippen molar-refractivity contribution in [1.82, 2.24) is 4.98 Å². The van der Waals surface area contributed by atoms with Crippen LogP contribution in [0.3, 0.4) is 0 Å². The van der Waals surface area contributed by atoms with Gasteiger partial charge in [0.05, 0.1) is 11.1 Å². The van der Waals surface area contributed by atoms with Gasteiger partial charge in [-0.05, 0) is 57.6 Å². The molecule has 1 aliphatic carbocycles. The number of hydrogen-bond donors (Lipinski definition) is 1. The van der Waals surface area contributed by atoms with E-state index in [1.807, 2.05) is 36.4 Å². The van der Waals surface area contributed by atoms with E-state index in [1.54, 1.807) is 0 Å². The third kappa shape index (κ3) is 3.54. The second-order valence-electron chi connectivity index (χ2n) is 9.68. The summed E-state index contributed by atoms with van der Waals surface area (Å²) in [6, 6.07) is 53.8. The average Bonchev–Trinajstić information content (AvgIpc) is 3.30. The van der Waals surface area contributed by atoms with Crippen LogP contribution in [0.4, 0.5) is 11.5 Å². The largest absolute Gasteiger partial charge is 0.340 e. The van der Waals surface area contributed by atoms with E-state index in [0.717, 1.165) is 22.8 Å². The Bertz CT molecular complexity index is 1680. The normalized spacial score (nSPS) is 12.9. The summed E-state index contributed by atoms with van der Waals surface area (Å²) < 4.78 is 0. The molecule has 0 spiro atoms. The van der Waals surface area contributed by atoms with Crippen molar-refractivity contribution in [1.29, 1.82) is 0 Å². The Labute approximate surface area is 223 Å². The lowest BCUT2D eigenvalue weighted by Gasteiger charge is -2.34. The first-order valence-electron chi connectivity index (χ1n) is 13.0. The first kappa shape index (κ1) is 22.3. The second-order valence-corrected chi connectivity index (χ2v) is 9.68. The predicted molar refractivity (Wildman–Crippen MR) is 157 cm³/mol. The van der Waals surface area contributed by atoms with Gasteiger partial charge in [0.2, 0.25) is 0 Å². The summed E-state index contributed by atoms with van der Waals surface area (Å²) in [5.74, 6) is 0.831. The van der Waals surface area contributed by atoms with Crippen LogP contribution in [-0.2, 0) is 5.41 Å². The Morgan fingerprint density at radius 2 is 1.00 bits per heavy atom. The third-order valence-electron chi connectivity index (χ3n) is 7.57. The van der Waals surface area contributed by atoms with Gasteiger partial charge in [-0.3, -0.25) is 0 Å². The molecule has 0 bridgehead atoms. The van der Waals surface area contributed by atoms with Gasteiger partial charge in [0.1, 0.15) is 5.82 Å². The Morgan fingerprint density at radius 1 is 0.447 bits per heavy atom. The van der Waals surface area contributed by atoms with Crippen molar-refractivity contribution in [3.8, 4) is 22.4 Å². The van der Waals surface area contributed by atoms with Crippen molar-refractivity contribution in [3.05, 3.63) is 174 Å².